The highest BCUT2D eigenvalue weighted by molar-refractivity contribution is 9.10. The lowest BCUT2D eigenvalue weighted by molar-refractivity contribution is 0.0323. The topological polar surface area (TPSA) is 52.5 Å². The fraction of sp³-hybridized carbons (Fsp3) is 0.538. The third kappa shape index (κ3) is 4.30. The zero-order chi connectivity index (χ0) is 12.9. The van der Waals surface area contributed by atoms with Crippen molar-refractivity contribution >= 4 is 15.9 Å². The summed E-state index contributed by atoms with van der Waals surface area (Å²) in [7, 11) is 0. The van der Waals surface area contributed by atoms with Crippen LogP contribution in [0.4, 0.5) is 0 Å². The van der Waals surface area contributed by atoms with Crippen LogP contribution in [0.15, 0.2) is 22.7 Å². The van der Waals surface area contributed by atoms with E-state index < -0.39 is 5.60 Å². The molecule has 4 heteroatoms. The lowest BCUT2D eigenvalue weighted by atomic mass is 9.97. The number of hydrogen-bond acceptors (Lipinski definition) is 3. The molecule has 0 fully saturated rings. The van der Waals surface area contributed by atoms with E-state index in [4.69, 9.17) is 0 Å². The predicted octanol–water partition coefficient (Wildman–Crippen LogP) is 2.80. The van der Waals surface area contributed by atoms with Crippen LogP contribution in [-0.4, -0.2) is 22.4 Å². The van der Waals surface area contributed by atoms with Crippen LogP contribution < -0.4 is 5.32 Å². The molecule has 0 spiro atoms. The Hall–Kier alpha value is -0.580. The van der Waals surface area contributed by atoms with E-state index in [1.807, 2.05) is 26.0 Å². The van der Waals surface area contributed by atoms with Crippen LogP contribution in [0.1, 0.15) is 32.3 Å². The molecule has 3 N–H and O–H groups in total. The molecule has 0 radical (unpaired) electrons. The van der Waals surface area contributed by atoms with E-state index in [9.17, 15) is 10.2 Å². The van der Waals surface area contributed by atoms with E-state index in [2.05, 4.69) is 21.2 Å². The summed E-state index contributed by atoms with van der Waals surface area (Å²) in [5, 5.41) is 22.7. The standard InChI is InChI=1S/C13H20BrNO2/c1-3-13(17,4-2)9-15-8-10-5-6-12(16)11(14)7-10/h5-7,15-17H,3-4,8-9H2,1-2H3. The Kier molecular flexibility index (Phi) is 5.43. The summed E-state index contributed by atoms with van der Waals surface area (Å²) in [5.41, 5.74) is 0.456. The average Bonchev–Trinajstić information content (AvgIpc) is 2.33. The first kappa shape index (κ1) is 14.5. The number of rotatable bonds is 6. The molecule has 0 atom stereocenters. The molecular weight excluding hydrogens is 282 g/mol. The highest BCUT2D eigenvalue weighted by Crippen LogP contribution is 2.24. The summed E-state index contributed by atoms with van der Waals surface area (Å²) in [5.74, 6) is 0.243. The fourth-order valence-electron chi connectivity index (χ4n) is 1.60. The van der Waals surface area contributed by atoms with Gasteiger partial charge in [-0.3, -0.25) is 0 Å². The third-order valence-corrected chi connectivity index (χ3v) is 3.75. The second kappa shape index (κ2) is 6.38. The summed E-state index contributed by atoms with van der Waals surface area (Å²) >= 11 is 3.28. The first-order chi connectivity index (χ1) is 8.00. The maximum Gasteiger partial charge on any atom is 0.129 e. The van der Waals surface area contributed by atoms with Gasteiger partial charge in [0, 0.05) is 13.1 Å². The maximum absolute atomic E-state index is 10.1. The van der Waals surface area contributed by atoms with E-state index in [-0.39, 0.29) is 5.75 Å². The van der Waals surface area contributed by atoms with E-state index in [0.717, 1.165) is 18.4 Å². The van der Waals surface area contributed by atoms with Gasteiger partial charge in [-0.1, -0.05) is 19.9 Å². The monoisotopic (exact) mass is 301 g/mol. The number of aliphatic hydroxyl groups is 1. The molecule has 1 aromatic carbocycles. The number of nitrogens with one attached hydrogen (secondary N) is 1. The van der Waals surface area contributed by atoms with E-state index in [1.165, 1.54) is 0 Å². The van der Waals surface area contributed by atoms with E-state index >= 15 is 0 Å². The normalized spacial score (nSPS) is 11.8. The molecule has 1 rings (SSSR count). The van der Waals surface area contributed by atoms with Crippen LogP contribution in [0, 0.1) is 0 Å². The molecule has 1 aromatic rings. The molecule has 0 unspecified atom stereocenters. The van der Waals surface area contributed by atoms with Crippen molar-refractivity contribution in [3.63, 3.8) is 0 Å². The molecule has 0 heterocycles. The van der Waals surface area contributed by atoms with Gasteiger partial charge in [0.1, 0.15) is 5.75 Å². The number of benzene rings is 1. The third-order valence-electron chi connectivity index (χ3n) is 3.11. The summed E-state index contributed by atoms with van der Waals surface area (Å²) in [6.45, 7) is 5.24. The van der Waals surface area contributed by atoms with Gasteiger partial charge in [0.15, 0.2) is 0 Å². The van der Waals surface area contributed by atoms with Crippen LogP contribution >= 0.6 is 15.9 Å². The van der Waals surface area contributed by atoms with Crippen molar-refractivity contribution in [1.29, 1.82) is 0 Å². The molecule has 0 aliphatic carbocycles. The Morgan fingerprint density at radius 3 is 2.47 bits per heavy atom. The quantitative estimate of drug-likeness (QED) is 0.757. The van der Waals surface area contributed by atoms with Gasteiger partial charge in [0.2, 0.25) is 0 Å². The SMILES string of the molecule is CCC(O)(CC)CNCc1ccc(O)c(Br)c1. The second-order valence-corrected chi connectivity index (χ2v) is 5.18. The minimum Gasteiger partial charge on any atom is -0.507 e. The minimum absolute atomic E-state index is 0.243. The van der Waals surface area contributed by atoms with Crippen LogP contribution in [-0.2, 0) is 6.54 Å². The Morgan fingerprint density at radius 1 is 1.29 bits per heavy atom. The van der Waals surface area contributed by atoms with Crippen molar-refractivity contribution in [3.8, 4) is 5.75 Å². The van der Waals surface area contributed by atoms with Crippen molar-refractivity contribution in [2.75, 3.05) is 6.54 Å². The minimum atomic E-state index is -0.617. The van der Waals surface area contributed by atoms with Gasteiger partial charge >= 0.3 is 0 Å². The summed E-state index contributed by atoms with van der Waals surface area (Å²) in [6.07, 6.45) is 1.49. The summed E-state index contributed by atoms with van der Waals surface area (Å²) in [4.78, 5) is 0. The van der Waals surface area contributed by atoms with Gasteiger partial charge in [-0.05, 0) is 46.5 Å². The molecule has 0 amide bonds. The number of phenols is 1. The van der Waals surface area contributed by atoms with Crippen molar-refractivity contribution < 1.29 is 10.2 Å². The van der Waals surface area contributed by atoms with Gasteiger partial charge in [-0.2, -0.15) is 0 Å². The lowest BCUT2D eigenvalue weighted by Gasteiger charge is -2.25. The zero-order valence-corrected chi connectivity index (χ0v) is 11.9. The van der Waals surface area contributed by atoms with Gasteiger partial charge < -0.3 is 15.5 Å². The molecule has 3 nitrogen and oxygen atoms in total. The Bertz CT molecular complexity index is 364. The number of phenolic OH excluding ortho intramolecular Hbond substituents is 1. The first-order valence-electron chi connectivity index (χ1n) is 5.91. The van der Waals surface area contributed by atoms with Gasteiger partial charge in [-0.15, -0.1) is 0 Å². The smallest absolute Gasteiger partial charge is 0.129 e. The van der Waals surface area contributed by atoms with Crippen LogP contribution in [0.2, 0.25) is 0 Å². The molecule has 96 valence electrons. The second-order valence-electron chi connectivity index (χ2n) is 4.32. The Balaban J connectivity index is 2.48. The van der Waals surface area contributed by atoms with E-state index in [0.29, 0.717) is 17.6 Å². The molecule has 17 heavy (non-hydrogen) atoms. The van der Waals surface area contributed by atoms with Gasteiger partial charge in [0.25, 0.3) is 0 Å². The van der Waals surface area contributed by atoms with Crippen LogP contribution in [0.3, 0.4) is 0 Å². The average molecular weight is 302 g/mol. The predicted molar refractivity (Wildman–Crippen MR) is 73.0 cm³/mol. The fourth-order valence-corrected chi connectivity index (χ4v) is 2.03. The zero-order valence-electron chi connectivity index (χ0n) is 10.3. The highest BCUT2D eigenvalue weighted by atomic mass is 79.9. The molecular formula is C13H20BrNO2. The highest BCUT2D eigenvalue weighted by Gasteiger charge is 2.20. The number of halogens is 1. The largest absolute Gasteiger partial charge is 0.507 e. The van der Waals surface area contributed by atoms with Crippen molar-refractivity contribution in [2.45, 2.75) is 38.8 Å². The number of hydrogen-bond donors (Lipinski definition) is 3. The van der Waals surface area contributed by atoms with Crippen molar-refractivity contribution in [1.82, 2.24) is 5.32 Å². The van der Waals surface area contributed by atoms with Crippen LogP contribution in [0.5, 0.6) is 5.75 Å². The molecule has 0 saturated heterocycles. The maximum atomic E-state index is 10.1. The summed E-state index contributed by atoms with van der Waals surface area (Å²) in [6, 6.07) is 5.40. The number of aromatic hydroxyl groups is 1. The van der Waals surface area contributed by atoms with Crippen LogP contribution in [0.25, 0.3) is 0 Å². The van der Waals surface area contributed by atoms with Crippen molar-refractivity contribution in [2.24, 2.45) is 0 Å². The van der Waals surface area contributed by atoms with E-state index in [1.54, 1.807) is 6.07 Å². The Labute approximate surface area is 111 Å². The first-order valence-corrected chi connectivity index (χ1v) is 6.70. The molecule has 0 saturated carbocycles. The molecule has 0 aromatic heterocycles. The van der Waals surface area contributed by atoms with Gasteiger partial charge in [-0.25, -0.2) is 0 Å². The Morgan fingerprint density at radius 2 is 1.94 bits per heavy atom. The molecule has 0 bridgehead atoms. The van der Waals surface area contributed by atoms with Crippen molar-refractivity contribution in [3.05, 3.63) is 28.2 Å². The summed E-state index contributed by atoms with van der Waals surface area (Å²) < 4.78 is 0.693. The lowest BCUT2D eigenvalue weighted by Crippen LogP contribution is -2.39. The molecule has 0 aliphatic heterocycles. The van der Waals surface area contributed by atoms with Gasteiger partial charge in [0.05, 0.1) is 10.1 Å². The molecule has 0 aliphatic rings.